The van der Waals surface area contributed by atoms with E-state index >= 15 is 0 Å². The van der Waals surface area contributed by atoms with E-state index in [2.05, 4.69) is 27.7 Å². The molecule has 4 unspecified atom stereocenters. The lowest BCUT2D eigenvalue weighted by atomic mass is 9.88. The van der Waals surface area contributed by atoms with Gasteiger partial charge in [0, 0.05) is 6.42 Å². The first-order valence-corrected chi connectivity index (χ1v) is 26.5. The zero-order valence-electron chi connectivity index (χ0n) is 42.2. The average Bonchev–Trinajstić information content (AvgIpc) is 3.25. The van der Waals surface area contributed by atoms with Crippen molar-refractivity contribution in [2.24, 2.45) is 23.7 Å². The van der Waals surface area contributed by atoms with Crippen LogP contribution in [0.1, 0.15) is 246 Å². The number of carboxylic acids is 2. The van der Waals surface area contributed by atoms with Crippen LogP contribution in [-0.4, -0.2) is 84.9 Å². The van der Waals surface area contributed by atoms with Crippen molar-refractivity contribution < 1.29 is 48.4 Å². The number of hydrogen-bond donors (Lipinski definition) is 2. The third-order valence-corrected chi connectivity index (χ3v) is 12.8. The Bertz CT molecular complexity index is 1090. The molecule has 0 saturated carbocycles. The van der Waals surface area contributed by atoms with Gasteiger partial charge in [-0.2, -0.15) is 0 Å². The zero-order chi connectivity index (χ0) is 47.6. The molecule has 0 radical (unpaired) electrons. The molecule has 2 N–H and O–H groups in total. The van der Waals surface area contributed by atoms with Gasteiger partial charge >= 0.3 is 29.8 Å². The van der Waals surface area contributed by atoms with E-state index in [0.29, 0.717) is 39.0 Å². The third-order valence-electron chi connectivity index (χ3n) is 12.8. The number of nitrogens with zero attached hydrogens (tertiary/aromatic N) is 1. The zero-order valence-corrected chi connectivity index (χ0v) is 42.2. The molecule has 0 amide bonds. The fraction of sp³-hybridized carbons (Fsp3) is 0.906. The van der Waals surface area contributed by atoms with Crippen LogP contribution in [0.2, 0.25) is 0 Å². The summed E-state index contributed by atoms with van der Waals surface area (Å²) in [7, 11) is 3.86. The number of carboxylic acid groups (broad SMARTS) is 2. The topological polar surface area (TPSA) is 157 Å². The molecule has 0 fully saturated rings. The molecule has 11 nitrogen and oxygen atoms in total. The van der Waals surface area contributed by atoms with Crippen LogP contribution < -0.4 is 0 Å². The number of hydrogen-bond acceptors (Lipinski definition) is 9. The number of esters is 3. The molecule has 0 aromatic carbocycles. The molecule has 0 aliphatic carbocycles. The van der Waals surface area contributed by atoms with E-state index in [1.54, 1.807) is 0 Å². The first kappa shape index (κ1) is 61.3. The van der Waals surface area contributed by atoms with Gasteiger partial charge in [-0.3, -0.25) is 24.0 Å². The van der Waals surface area contributed by atoms with E-state index in [1.807, 2.05) is 19.0 Å². The van der Waals surface area contributed by atoms with Gasteiger partial charge in [0.1, 0.15) is 6.10 Å². The van der Waals surface area contributed by atoms with Gasteiger partial charge in [0.05, 0.1) is 36.9 Å². The van der Waals surface area contributed by atoms with Crippen molar-refractivity contribution >= 4 is 29.8 Å². The summed E-state index contributed by atoms with van der Waals surface area (Å²) < 4.78 is 17.2. The smallest absolute Gasteiger partial charge is 0.308 e. The third kappa shape index (κ3) is 35.6. The van der Waals surface area contributed by atoms with Crippen LogP contribution in [0.3, 0.4) is 0 Å². The number of rotatable bonds is 47. The maximum absolute atomic E-state index is 12.9. The van der Waals surface area contributed by atoms with Crippen LogP contribution in [0.15, 0.2) is 0 Å². The Hall–Kier alpha value is -2.69. The summed E-state index contributed by atoms with van der Waals surface area (Å²) in [5.41, 5.74) is 0. The standard InChI is InChI=1S/C53H99NO10/c1-7-11-15-25-34-44(32-13-9-3)52(60)62-40-29-23-19-17-21-27-36-46(50(56)57)42-48(64-49(55)38-31-39-54(5)6)43-47(51(58)59)37-28-22-18-20-24-30-41-63-53(61)45(33-14-10-4)35-26-16-12-8-2/h44-48H,7-43H2,1-6H3,(H,56,57)(H,58,59). The lowest BCUT2D eigenvalue weighted by Gasteiger charge is -2.25. The van der Waals surface area contributed by atoms with Crippen molar-refractivity contribution in [3.8, 4) is 0 Å². The average molecular weight is 910 g/mol. The van der Waals surface area contributed by atoms with Gasteiger partial charge in [-0.1, -0.05) is 169 Å². The lowest BCUT2D eigenvalue weighted by molar-refractivity contribution is -0.157. The molecular weight excluding hydrogens is 811 g/mol. The normalized spacial score (nSPS) is 13.9. The summed E-state index contributed by atoms with van der Waals surface area (Å²) in [5.74, 6) is -3.84. The minimum absolute atomic E-state index is 0.00992. The van der Waals surface area contributed by atoms with E-state index in [-0.39, 0.29) is 43.0 Å². The highest BCUT2D eigenvalue weighted by molar-refractivity contribution is 5.73. The van der Waals surface area contributed by atoms with E-state index in [1.165, 1.54) is 38.5 Å². The number of ether oxygens (including phenoxy) is 3. The Morgan fingerprint density at radius 1 is 0.422 bits per heavy atom. The summed E-state index contributed by atoms with van der Waals surface area (Å²) >= 11 is 0. The molecule has 11 heteroatoms. The van der Waals surface area contributed by atoms with Crippen molar-refractivity contribution in [3.63, 3.8) is 0 Å². The number of aliphatic carboxylic acids is 2. The molecule has 4 atom stereocenters. The molecule has 0 aliphatic rings. The Kier molecular flexibility index (Phi) is 41.1. The largest absolute Gasteiger partial charge is 0.481 e. The van der Waals surface area contributed by atoms with Crippen molar-refractivity contribution in [3.05, 3.63) is 0 Å². The van der Waals surface area contributed by atoms with Crippen LogP contribution in [0.4, 0.5) is 0 Å². The van der Waals surface area contributed by atoms with Crippen molar-refractivity contribution in [2.75, 3.05) is 33.9 Å². The molecule has 0 spiro atoms. The fourth-order valence-electron chi connectivity index (χ4n) is 8.57. The molecule has 0 bridgehead atoms. The van der Waals surface area contributed by atoms with Gasteiger partial charge in [-0.05, 0) is 91.3 Å². The molecule has 0 aliphatic heterocycles. The highest BCUT2D eigenvalue weighted by Gasteiger charge is 2.30. The van der Waals surface area contributed by atoms with Gasteiger partial charge in [0.2, 0.25) is 0 Å². The second kappa shape index (κ2) is 42.9. The molecule has 0 heterocycles. The second-order valence-electron chi connectivity index (χ2n) is 19.1. The molecule has 0 saturated heterocycles. The number of carbonyl (C=O) groups is 5. The predicted octanol–water partition coefficient (Wildman–Crippen LogP) is 13.5. The SMILES string of the molecule is CCCCCCC(CCCC)C(=O)OCCCCCCCCC(CC(CC(CCCCCCCCOC(=O)C(CCCC)CCCCCC)C(=O)O)OC(=O)CCCN(C)C)C(=O)O. The minimum atomic E-state index is -0.946. The monoisotopic (exact) mass is 910 g/mol. The van der Waals surface area contributed by atoms with Crippen LogP contribution >= 0.6 is 0 Å². The molecule has 0 aromatic heterocycles. The Balaban J connectivity index is 4.90. The van der Waals surface area contributed by atoms with E-state index in [9.17, 15) is 34.2 Å². The first-order valence-electron chi connectivity index (χ1n) is 26.5. The molecule has 0 rings (SSSR count). The van der Waals surface area contributed by atoms with E-state index < -0.39 is 35.8 Å². The van der Waals surface area contributed by atoms with E-state index in [4.69, 9.17) is 14.2 Å². The Morgan fingerprint density at radius 3 is 1.11 bits per heavy atom. The quantitative estimate of drug-likeness (QED) is 0.0340. The fourth-order valence-corrected chi connectivity index (χ4v) is 8.57. The van der Waals surface area contributed by atoms with E-state index in [0.717, 1.165) is 141 Å². The first-order chi connectivity index (χ1) is 30.9. The summed E-state index contributed by atoms with van der Waals surface area (Å²) in [5, 5.41) is 20.4. The van der Waals surface area contributed by atoms with Gasteiger partial charge in [-0.15, -0.1) is 0 Å². The molecular formula is C53H99NO10. The van der Waals surface area contributed by atoms with Crippen molar-refractivity contribution in [1.29, 1.82) is 0 Å². The number of unbranched alkanes of at least 4 members (excludes halogenated alkanes) is 18. The molecule has 376 valence electrons. The molecule has 64 heavy (non-hydrogen) atoms. The summed E-state index contributed by atoms with van der Waals surface area (Å²) in [6, 6.07) is 0. The highest BCUT2D eigenvalue weighted by atomic mass is 16.5. The van der Waals surface area contributed by atoms with Crippen LogP contribution in [0.25, 0.3) is 0 Å². The van der Waals surface area contributed by atoms with Gasteiger partial charge in [0.15, 0.2) is 0 Å². The Morgan fingerprint density at radius 2 is 0.750 bits per heavy atom. The van der Waals surface area contributed by atoms with Crippen LogP contribution in [0.5, 0.6) is 0 Å². The summed E-state index contributed by atoms with van der Waals surface area (Å²) in [4.78, 5) is 65.3. The second-order valence-corrected chi connectivity index (χ2v) is 19.1. The van der Waals surface area contributed by atoms with Gasteiger partial charge in [-0.25, -0.2) is 0 Å². The van der Waals surface area contributed by atoms with Crippen molar-refractivity contribution in [1.82, 2.24) is 4.90 Å². The maximum atomic E-state index is 12.9. The highest BCUT2D eigenvalue weighted by Crippen LogP contribution is 2.27. The van der Waals surface area contributed by atoms with Gasteiger partial charge in [0.25, 0.3) is 0 Å². The van der Waals surface area contributed by atoms with Gasteiger partial charge < -0.3 is 29.3 Å². The van der Waals surface area contributed by atoms with Crippen molar-refractivity contribution in [2.45, 2.75) is 252 Å². The predicted molar refractivity (Wildman–Crippen MR) is 259 cm³/mol. The van der Waals surface area contributed by atoms with Crippen LogP contribution in [-0.2, 0) is 38.2 Å². The summed E-state index contributed by atoms with van der Waals surface area (Å²) in [6.45, 7) is 10.3. The minimum Gasteiger partial charge on any atom is -0.481 e. The van der Waals surface area contributed by atoms with Crippen LogP contribution in [0, 0.1) is 23.7 Å². The molecule has 0 aromatic rings. The Labute approximate surface area is 391 Å². The lowest BCUT2D eigenvalue weighted by Crippen LogP contribution is -2.30. The maximum Gasteiger partial charge on any atom is 0.308 e. The number of carbonyl (C=O) groups excluding carboxylic acids is 3. The summed E-state index contributed by atoms with van der Waals surface area (Å²) in [6.07, 6.45) is 28.8.